The van der Waals surface area contributed by atoms with Crippen molar-refractivity contribution in [2.75, 3.05) is 26.2 Å². The van der Waals surface area contributed by atoms with E-state index < -0.39 is 0 Å². The molecule has 1 aliphatic heterocycles. The molecule has 20 heavy (non-hydrogen) atoms. The van der Waals surface area contributed by atoms with Gasteiger partial charge in [-0.25, -0.2) is 0 Å². The van der Waals surface area contributed by atoms with Crippen LogP contribution in [0, 0.1) is 0 Å². The zero-order chi connectivity index (χ0) is 14.2. The van der Waals surface area contributed by atoms with Crippen molar-refractivity contribution in [3.05, 3.63) is 24.0 Å². The molecular weight excluding hydrogens is 250 g/mol. The van der Waals surface area contributed by atoms with E-state index >= 15 is 0 Å². The van der Waals surface area contributed by atoms with Crippen molar-refractivity contribution in [2.24, 2.45) is 5.73 Å². The smallest absolute Gasteiger partial charge is 0.137 e. The number of ether oxygens (including phenoxy) is 1. The second-order valence-corrected chi connectivity index (χ2v) is 5.61. The fraction of sp³-hybridized carbons (Fsp3) is 0.688. The van der Waals surface area contributed by atoms with E-state index in [2.05, 4.69) is 16.8 Å². The topological polar surface area (TPSA) is 51.4 Å². The van der Waals surface area contributed by atoms with Gasteiger partial charge in [-0.1, -0.05) is 13.3 Å². The first-order valence-corrected chi connectivity index (χ1v) is 7.83. The van der Waals surface area contributed by atoms with Gasteiger partial charge < -0.3 is 10.5 Å². The van der Waals surface area contributed by atoms with E-state index in [4.69, 9.17) is 10.5 Å². The Morgan fingerprint density at radius 1 is 1.30 bits per heavy atom. The highest BCUT2D eigenvalue weighted by molar-refractivity contribution is 5.20. The lowest BCUT2D eigenvalue weighted by molar-refractivity contribution is 0.183. The van der Waals surface area contributed by atoms with Gasteiger partial charge in [-0.15, -0.1) is 0 Å². The van der Waals surface area contributed by atoms with Crippen LogP contribution in [0.1, 0.15) is 38.3 Å². The Hall–Kier alpha value is -1.13. The van der Waals surface area contributed by atoms with E-state index in [0.29, 0.717) is 0 Å². The molecule has 2 rings (SSSR count). The van der Waals surface area contributed by atoms with Crippen molar-refractivity contribution >= 4 is 0 Å². The van der Waals surface area contributed by atoms with Crippen molar-refractivity contribution in [3.8, 4) is 5.75 Å². The first kappa shape index (κ1) is 15.3. The Balaban J connectivity index is 1.70. The lowest BCUT2D eigenvalue weighted by Gasteiger charge is -2.26. The highest BCUT2D eigenvalue weighted by atomic mass is 16.5. The maximum absolute atomic E-state index is 5.93. The summed E-state index contributed by atoms with van der Waals surface area (Å²) in [6.45, 7) is 6.30. The molecule has 112 valence electrons. The molecule has 0 saturated carbocycles. The van der Waals surface area contributed by atoms with Gasteiger partial charge in [-0.2, -0.15) is 0 Å². The predicted molar refractivity (Wildman–Crippen MR) is 82.0 cm³/mol. The van der Waals surface area contributed by atoms with Crippen LogP contribution in [-0.4, -0.2) is 42.2 Å². The van der Waals surface area contributed by atoms with Crippen LogP contribution in [0.15, 0.2) is 18.3 Å². The molecule has 1 saturated heterocycles. The summed E-state index contributed by atoms with van der Waals surface area (Å²) >= 11 is 0. The third-order valence-electron chi connectivity index (χ3n) is 3.92. The van der Waals surface area contributed by atoms with Crippen molar-refractivity contribution in [1.82, 2.24) is 9.88 Å². The van der Waals surface area contributed by atoms with Crippen LogP contribution in [0.5, 0.6) is 5.75 Å². The maximum Gasteiger partial charge on any atom is 0.137 e. The number of likely N-dealkylation sites (tertiary alicyclic amines) is 1. The first-order chi connectivity index (χ1) is 9.78. The van der Waals surface area contributed by atoms with E-state index in [1.54, 1.807) is 0 Å². The molecule has 0 amide bonds. The Morgan fingerprint density at radius 3 is 2.75 bits per heavy atom. The monoisotopic (exact) mass is 277 g/mol. The fourth-order valence-electron chi connectivity index (χ4n) is 2.51. The fourth-order valence-corrected chi connectivity index (χ4v) is 2.51. The van der Waals surface area contributed by atoms with Gasteiger partial charge in [0.2, 0.25) is 0 Å². The highest BCUT2D eigenvalue weighted by Gasteiger charge is 2.09. The molecule has 1 aromatic rings. The predicted octanol–water partition coefficient (Wildman–Crippen LogP) is 2.23. The van der Waals surface area contributed by atoms with E-state index in [9.17, 15) is 0 Å². The number of rotatable bonds is 7. The van der Waals surface area contributed by atoms with Gasteiger partial charge >= 0.3 is 0 Å². The van der Waals surface area contributed by atoms with Gasteiger partial charge in [0, 0.05) is 24.7 Å². The number of pyridine rings is 1. The SMILES string of the molecule is CCC(N)Cc1ccc(OCCN2CCCCC2)cn1. The molecule has 0 radical (unpaired) electrons. The van der Waals surface area contributed by atoms with Crippen LogP contribution in [0.2, 0.25) is 0 Å². The average Bonchev–Trinajstić information content (AvgIpc) is 2.50. The molecule has 1 unspecified atom stereocenters. The van der Waals surface area contributed by atoms with Gasteiger partial charge in [-0.3, -0.25) is 9.88 Å². The van der Waals surface area contributed by atoms with E-state index in [0.717, 1.165) is 37.4 Å². The van der Waals surface area contributed by atoms with Crippen LogP contribution < -0.4 is 10.5 Å². The summed E-state index contributed by atoms with van der Waals surface area (Å²) in [5.74, 6) is 0.857. The molecule has 0 aromatic carbocycles. The van der Waals surface area contributed by atoms with Crippen molar-refractivity contribution in [3.63, 3.8) is 0 Å². The zero-order valence-electron chi connectivity index (χ0n) is 12.6. The normalized spacial score (nSPS) is 17.9. The van der Waals surface area contributed by atoms with E-state index in [1.807, 2.05) is 18.3 Å². The number of piperidine rings is 1. The molecule has 4 heteroatoms. The Kier molecular flexibility index (Phi) is 6.27. The van der Waals surface area contributed by atoms with Gasteiger partial charge in [-0.05, 0) is 44.5 Å². The van der Waals surface area contributed by atoms with Crippen molar-refractivity contribution in [2.45, 2.75) is 45.1 Å². The molecule has 1 fully saturated rings. The summed E-state index contributed by atoms with van der Waals surface area (Å²) in [5, 5.41) is 0. The first-order valence-electron chi connectivity index (χ1n) is 7.83. The van der Waals surface area contributed by atoms with E-state index in [-0.39, 0.29) is 6.04 Å². The third kappa shape index (κ3) is 5.10. The minimum atomic E-state index is 0.202. The number of nitrogens with two attached hydrogens (primary N) is 1. The molecule has 1 aromatic heterocycles. The largest absolute Gasteiger partial charge is 0.491 e. The number of hydrogen-bond donors (Lipinski definition) is 1. The molecule has 2 N–H and O–H groups in total. The van der Waals surface area contributed by atoms with Gasteiger partial charge in [0.05, 0.1) is 6.20 Å². The molecule has 1 aliphatic rings. The van der Waals surface area contributed by atoms with Gasteiger partial charge in [0.25, 0.3) is 0 Å². The number of aromatic nitrogens is 1. The number of nitrogens with zero attached hydrogens (tertiary/aromatic N) is 2. The van der Waals surface area contributed by atoms with Crippen LogP contribution >= 0.6 is 0 Å². The molecular formula is C16H27N3O. The standard InChI is InChI=1S/C16H27N3O/c1-2-14(17)12-15-6-7-16(13-18-15)20-11-10-19-8-4-3-5-9-19/h6-7,13-14H,2-5,8-12,17H2,1H3. The molecule has 4 nitrogen and oxygen atoms in total. The van der Waals surface area contributed by atoms with Crippen molar-refractivity contribution in [1.29, 1.82) is 0 Å². The molecule has 2 heterocycles. The molecule has 0 bridgehead atoms. The summed E-state index contributed by atoms with van der Waals surface area (Å²) in [7, 11) is 0. The van der Waals surface area contributed by atoms with Crippen molar-refractivity contribution < 1.29 is 4.74 Å². The van der Waals surface area contributed by atoms with Crippen LogP contribution in [0.25, 0.3) is 0 Å². The minimum absolute atomic E-state index is 0.202. The summed E-state index contributed by atoms with van der Waals surface area (Å²) in [5.41, 5.74) is 6.97. The molecule has 0 spiro atoms. The molecule has 0 aliphatic carbocycles. The van der Waals surface area contributed by atoms with Gasteiger partial charge in [0.15, 0.2) is 0 Å². The summed E-state index contributed by atoms with van der Waals surface area (Å²) < 4.78 is 5.76. The zero-order valence-corrected chi connectivity index (χ0v) is 12.6. The molecule has 1 atom stereocenters. The minimum Gasteiger partial charge on any atom is -0.491 e. The number of hydrogen-bond acceptors (Lipinski definition) is 4. The van der Waals surface area contributed by atoms with Crippen LogP contribution in [0.3, 0.4) is 0 Å². The van der Waals surface area contributed by atoms with E-state index in [1.165, 1.54) is 32.4 Å². The maximum atomic E-state index is 5.93. The second kappa shape index (κ2) is 8.22. The second-order valence-electron chi connectivity index (χ2n) is 5.61. The summed E-state index contributed by atoms with van der Waals surface area (Å²) in [4.78, 5) is 6.89. The van der Waals surface area contributed by atoms with Gasteiger partial charge in [0.1, 0.15) is 12.4 Å². The third-order valence-corrected chi connectivity index (χ3v) is 3.92. The van der Waals surface area contributed by atoms with Crippen LogP contribution in [0.4, 0.5) is 0 Å². The Labute approximate surface area is 122 Å². The lowest BCUT2D eigenvalue weighted by Crippen LogP contribution is -2.33. The Bertz CT molecular complexity index is 374. The summed E-state index contributed by atoms with van der Waals surface area (Å²) in [6.07, 6.45) is 7.67. The lowest BCUT2D eigenvalue weighted by atomic mass is 10.1. The highest BCUT2D eigenvalue weighted by Crippen LogP contribution is 2.12. The quantitative estimate of drug-likeness (QED) is 0.830. The Morgan fingerprint density at radius 2 is 2.10 bits per heavy atom. The summed E-state index contributed by atoms with van der Waals surface area (Å²) in [6, 6.07) is 4.22. The van der Waals surface area contributed by atoms with Crippen LogP contribution in [-0.2, 0) is 6.42 Å². The average molecular weight is 277 g/mol.